The second-order valence-electron chi connectivity index (χ2n) is 3.69. The highest BCUT2D eigenvalue weighted by Crippen LogP contribution is 2.26. The number of methoxy groups -OCH3 is 1. The standard InChI is InChI=1S/C15H16O2/c1-3-17-15-9-5-7-13(11-15)12-6-4-8-14(10-12)16-2/h4-11H,3H2,1-2H3. The van der Waals surface area contributed by atoms with Gasteiger partial charge in [0.25, 0.3) is 0 Å². The summed E-state index contributed by atoms with van der Waals surface area (Å²) in [5.74, 6) is 1.76. The van der Waals surface area contributed by atoms with Gasteiger partial charge in [0.2, 0.25) is 0 Å². The van der Waals surface area contributed by atoms with Crippen LogP contribution in [0.4, 0.5) is 0 Å². The number of hydrogen-bond acceptors (Lipinski definition) is 2. The van der Waals surface area contributed by atoms with Gasteiger partial charge in [0, 0.05) is 0 Å². The third-order valence-corrected chi connectivity index (χ3v) is 2.55. The molecule has 0 amide bonds. The molecule has 2 nitrogen and oxygen atoms in total. The second kappa shape index (κ2) is 5.39. The molecule has 0 unspecified atom stereocenters. The van der Waals surface area contributed by atoms with Crippen LogP contribution in [-0.4, -0.2) is 13.7 Å². The summed E-state index contributed by atoms with van der Waals surface area (Å²) in [6, 6.07) is 16.1. The minimum atomic E-state index is 0.682. The Bertz CT molecular complexity index is 492. The SMILES string of the molecule is CCOc1cccc(-c2cccc(OC)c2)c1. The Labute approximate surface area is 102 Å². The Morgan fingerprint density at radius 3 is 2.06 bits per heavy atom. The van der Waals surface area contributed by atoms with Crippen molar-refractivity contribution in [2.45, 2.75) is 6.92 Å². The summed E-state index contributed by atoms with van der Waals surface area (Å²) in [7, 11) is 1.68. The first kappa shape index (κ1) is 11.5. The molecule has 2 aromatic carbocycles. The smallest absolute Gasteiger partial charge is 0.119 e. The fourth-order valence-corrected chi connectivity index (χ4v) is 1.73. The molecule has 0 aliphatic rings. The van der Waals surface area contributed by atoms with Crippen LogP contribution in [0.3, 0.4) is 0 Å². The predicted octanol–water partition coefficient (Wildman–Crippen LogP) is 3.76. The minimum absolute atomic E-state index is 0.682. The lowest BCUT2D eigenvalue weighted by Gasteiger charge is -2.07. The maximum Gasteiger partial charge on any atom is 0.119 e. The molecule has 0 atom stereocenters. The lowest BCUT2D eigenvalue weighted by molar-refractivity contribution is 0.340. The lowest BCUT2D eigenvalue weighted by Crippen LogP contribution is -1.91. The van der Waals surface area contributed by atoms with Gasteiger partial charge in [-0.05, 0) is 42.3 Å². The van der Waals surface area contributed by atoms with E-state index in [0.717, 1.165) is 22.6 Å². The predicted molar refractivity (Wildman–Crippen MR) is 69.6 cm³/mol. The molecule has 17 heavy (non-hydrogen) atoms. The molecule has 0 bridgehead atoms. The van der Waals surface area contributed by atoms with Crippen molar-refractivity contribution in [3.05, 3.63) is 48.5 Å². The van der Waals surface area contributed by atoms with E-state index in [-0.39, 0.29) is 0 Å². The molecule has 2 aromatic rings. The average Bonchev–Trinajstić information content (AvgIpc) is 2.40. The summed E-state index contributed by atoms with van der Waals surface area (Å²) in [6.45, 7) is 2.67. The van der Waals surface area contributed by atoms with Gasteiger partial charge in [-0.2, -0.15) is 0 Å². The maximum atomic E-state index is 5.49. The zero-order chi connectivity index (χ0) is 12.1. The third kappa shape index (κ3) is 2.78. The molecule has 0 saturated carbocycles. The van der Waals surface area contributed by atoms with Gasteiger partial charge >= 0.3 is 0 Å². The molecule has 0 aliphatic heterocycles. The van der Waals surface area contributed by atoms with Gasteiger partial charge in [-0.25, -0.2) is 0 Å². The molecule has 0 saturated heterocycles. The summed E-state index contributed by atoms with van der Waals surface area (Å²) < 4.78 is 10.7. The number of hydrogen-bond donors (Lipinski definition) is 0. The van der Waals surface area contributed by atoms with Crippen molar-refractivity contribution in [1.29, 1.82) is 0 Å². The van der Waals surface area contributed by atoms with Crippen molar-refractivity contribution in [1.82, 2.24) is 0 Å². The van der Waals surface area contributed by atoms with Crippen LogP contribution in [0.15, 0.2) is 48.5 Å². The van der Waals surface area contributed by atoms with Crippen molar-refractivity contribution >= 4 is 0 Å². The van der Waals surface area contributed by atoms with Gasteiger partial charge in [0.05, 0.1) is 13.7 Å². The van der Waals surface area contributed by atoms with E-state index in [1.165, 1.54) is 0 Å². The Hall–Kier alpha value is -1.96. The van der Waals surface area contributed by atoms with Crippen LogP contribution in [0.1, 0.15) is 6.92 Å². The highest BCUT2D eigenvalue weighted by Gasteiger charge is 2.01. The van der Waals surface area contributed by atoms with E-state index in [9.17, 15) is 0 Å². The summed E-state index contributed by atoms with van der Waals surface area (Å²) in [5, 5.41) is 0. The van der Waals surface area contributed by atoms with E-state index in [1.54, 1.807) is 7.11 Å². The van der Waals surface area contributed by atoms with Gasteiger partial charge in [-0.1, -0.05) is 24.3 Å². The van der Waals surface area contributed by atoms with Gasteiger partial charge in [-0.3, -0.25) is 0 Å². The topological polar surface area (TPSA) is 18.5 Å². The van der Waals surface area contributed by atoms with Crippen molar-refractivity contribution in [3.8, 4) is 22.6 Å². The van der Waals surface area contributed by atoms with E-state index < -0.39 is 0 Å². The Kier molecular flexibility index (Phi) is 3.66. The number of rotatable bonds is 4. The Morgan fingerprint density at radius 1 is 0.882 bits per heavy atom. The van der Waals surface area contributed by atoms with E-state index in [1.807, 2.05) is 43.3 Å². The summed E-state index contributed by atoms with van der Waals surface area (Å²) in [6.07, 6.45) is 0. The summed E-state index contributed by atoms with van der Waals surface area (Å²) in [4.78, 5) is 0. The molecule has 2 rings (SSSR count). The average molecular weight is 228 g/mol. The normalized spacial score (nSPS) is 10.0. The van der Waals surface area contributed by atoms with Gasteiger partial charge in [0.1, 0.15) is 11.5 Å². The van der Waals surface area contributed by atoms with E-state index >= 15 is 0 Å². The largest absolute Gasteiger partial charge is 0.497 e. The highest BCUT2D eigenvalue weighted by molar-refractivity contribution is 5.66. The molecular weight excluding hydrogens is 212 g/mol. The van der Waals surface area contributed by atoms with Crippen molar-refractivity contribution < 1.29 is 9.47 Å². The minimum Gasteiger partial charge on any atom is -0.497 e. The van der Waals surface area contributed by atoms with Crippen LogP contribution in [0.2, 0.25) is 0 Å². The Balaban J connectivity index is 2.34. The number of ether oxygens (including phenoxy) is 2. The van der Waals surface area contributed by atoms with Crippen LogP contribution in [0.25, 0.3) is 11.1 Å². The quantitative estimate of drug-likeness (QED) is 0.793. The molecule has 0 aliphatic carbocycles. The van der Waals surface area contributed by atoms with Crippen LogP contribution in [0.5, 0.6) is 11.5 Å². The van der Waals surface area contributed by atoms with E-state index in [4.69, 9.17) is 9.47 Å². The molecule has 0 spiro atoms. The lowest BCUT2D eigenvalue weighted by atomic mass is 10.1. The molecule has 0 aromatic heterocycles. The first-order valence-corrected chi connectivity index (χ1v) is 5.71. The van der Waals surface area contributed by atoms with Crippen LogP contribution < -0.4 is 9.47 Å². The molecule has 0 fully saturated rings. The van der Waals surface area contributed by atoms with Crippen molar-refractivity contribution in [3.63, 3.8) is 0 Å². The van der Waals surface area contributed by atoms with Crippen molar-refractivity contribution in [2.24, 2.45) is 0 Å². The highest BCUT2D eigenvalue weighted by atomic mass is 16.5. The van der Waals surface area contributed by atoms with Gasteiger partial charge in [0.15, 0.2) is 0 Å². The van der Waals surface area contributed by atoms with Gasteiger partial charge < -0.3 is 9.47 Å². The maximum absolute atomic E-state index is 5.49. The molecule has 0 N–H and O–H groups in total. The van der Waals surface area contributed by atoms with Crippen LogP contribution in [0, 0.1) is 0 Å². The molecule has 88 valence electrons. The molecular formula is C15H16O2. The second-order valence-corrected chi connectivity index (χ2v) is 3.69. The monoisotopic (exact) mass is 228 g/mol. The fraction of sp³-hybridized carbons (Fsp3) is 0.200. The van der Waals surface area contributed by atoms with E-state index in [2.05, 4.69) is 12.1 Å². The van der Waals surface area contributed by atoms with Crippen LogP contribution in [-0.2, 0) is 0 Å². The summed E-state index contributed by atoms with van der Waals surface area (Å²) in [5.41, 5.74) is 2.26. The molecule has 0 radical (unpaired) electrons. The fourth-order valence-electron chi connectivity index (χ4n) is 1.73. The van der Waals surface area contributed by atoms with E-state index in [0.29, 0.717) is 6.61 Å². The molecule has 0 heterocycles. The van der Waals surface area contributed by atoms with Gasteiger partial charge in [-0.15, -0.1) is 0 Å². The zero-order valence-electron chi connectivity index (χ0n) is 10.1. The zero-order valence-corrected chi connectivity index (χ0v) is 10.1. The third-order valence-electron chi connectivity index (χ3n) is 2.55. The first-order chi connectivity index (χ1) is 8.33. The molecule has 2 heteroatoms. The number of benzene rings is 2. The summed E-state index contributed by atoms with van der Waals surface area (Å²) >= 11 is 0. The van der Waals surface area contributed by atoms with Crippen LogP contribution >= 0.6 is 0 Å². The first-order valence-electron chi connectivity index (χ1n) is 5.71. The van der Waals surface area contributed by atoms with Crippen molar-refractivity contribution in [2.75, 3.05) is 13.7 Å². The Morgan fingerprint density at radius 2 is 1.47 bits per heavy atom.